The summed E-state index contributed by atoms with van der Waals surface area (Å²) >= 11 is 6.21. The fraction of sp³-hybridized carbons (Fsp3) is 0.320. The summed E-state index contributed by atoms with van der Waals surface area (Å²) in [5.74, 6) is 0.566. The molecule has 2 amide bonds. The maximum absolute atomic E-state index is 12.8. The number of ether oxygens (including phenoxy) is 2. The largest absolute Gasteiger partial charge is 0.490 e. The molecule has 164 valence electrons. The predicted molar refractivity (Wildman–Crippen MR) is 121 cm³/mol. The molecule has 2 fully saturated rings. The highest BCUT2D eigenvalue weighted by molar-refractivity contribution is 6.31. The molecule has 7 heteroatoms. The molecule has 0 aromatic heterocycles. The van der Waals surface area contributed by atoms with Crippen LogP contribution in [0.4, 0.5) is 0 Å². The number of benzene rings is 2. The Morgan fingerprint density at radius 1 is 1.03 bits per heavy atom. The number of halogens is 1. The Kier molecular flexibility index (Phi) is 5.47. The zero-order valence-corrected chi connectivity index (χ0v) is 18.4. The van der Waals surface area contributed by atoms with E-state index in [1.807, 2.05) is 37.3 Å². The molecular weight excluding hydrogens is 428 g/mol. The van der Waals surface area contributed by atoms with Gasteiger partial charge in [-0.05, 0) is 55.0 Å². The topological polar surface area (TPSA) is 68.2 Å². The van der Waals surface area contributed by atoms with Crippen molar-refractivity contribution in [3.8, 4) is 11.5 Å². The van der Waals surface area contributed by atoms with E-state index in [0.29, 0.717) is 35.3 Å². The molecule has 3 aliphatic rings. The molecule has 6 nitrogen and oxygen atoms in total. The maximum atomic E-state index is 12.8. The highest BCUT2D eigenvalue weighted by Gasteiger charge is 2.59. The highest BCUT2D eigenvalue weighted by Crippen LogP contribution is 2.52. The monoisotopic (exact) mass is 450 g/mol. The summed E-state index contributed by atoms with van der Waals surface area (Å²) in [5, 5.41) is 5.92. The van der Waals surface area contributed by atoms with Gasteiger partial charge in [0.05, 0.1) is 24.7 Å². The standard InChI is InChI=1S/C25H23ClN2O4/c1-2-31-21-11-15(7-10-20(21)32-14-18-5-3-4-6-19(18)26)13-27-28-24(29)22-16-8-9-17(12-16)23(22)25(28)30/h3-11,13,16-17,22-23H,2,12,14H2,1H3/b27-13-/t16-,17-,22-,23-/m0/s1. The molecular formula is C25H23ClN2O4. The van der Waals surface area contributed by atoms with Crippen molar-refractivity contribution in [3.63, 3.8) is 0 Å². The quantitative estimate of drug-likeness (QED) is 0.355. The number of carbonyl (C=O) groups excluding carboxylic acids is 2. The molecule has 5 rings (SSSR count). The Labute approximate surface area is 191 Å². The van der Waals surface area contributed by atoms with Crippen molar-refractivity contribution in [2.75, 3.05) is 6.61 Å². The van der Waals surface area contributed by atoms with Crippen molar-refractivity contribution in [1.82, 2.24) is 5.01 Å². The van der Waals surface area contributed by atoms with E-state index in [9.17, 15) is 9.59 Å². The average Bonchev–Trinajstić information content (AvgIpc) is 3.47. The van der Waals surface area contributed by atoms with Gasteiger partial charge >= 0.3 is 0 Å². The fourth-order valence-electron chi connectivity index (χ4n) is 4.89. The van der Waals surface area contributed by atoms with Gasteiger partial charge < -0.3 is 9.47 Å². The van der Waals surface area contributed by atoms with Crippen LogP contribution < -0.4 is 9.47 Å². The Bertz CT molecular complexity index is 1100. The van der Waals surface area contributed by atoms with Gasteiger partial charge in [-0.15, -0.1) is 0 Å². The first kappa shape index (κ1) is 20.8. The number of rotatable bonds is 7. The summed E-state index contributed by atoms with van der Waals surface area (Å²) in [6, 6.07) is 12.9. The molecule has 1 aliphatic heterocycles. The minimum atomic E-state index is -0.255. The number of carbonyl (C=O) groups is 2. The Balaban J connectivity index is 1.32. The van der Waals surface area contributed by atoms with Crippen LogP contribution in [-0.4, -0.2) is 29.6 Å². The Hall–Kier alpha value is -3.12. The minimum Gasteiger partial charge on any atom is -0.490 e. The van der Waals surface area contributed by atoms with Crippen LogP contribution in [-0.2, 0) is 16.2 Å². The smallest absolute Gasteiger partial charge is 0.254 e. The van der Waals surface area contributed by atoms with Crippen LogP contribution in [0.5, 0.6) is 11.5 Å². The van der Waals surface area contributed by atoms with E-state index >= 15 is 0 Å². The molecule has 1 saturated heterocycles. The van der Waals surface area contributed by atoms with Crippen LogP contribution in [0.15, 0.2) is 59.7 Å². The summed E-state index contributed by atoms with van der Waals surface area (Å²) < 4.78 is 11.7. The zero-order valence-electron chi connectivity index (χ0n) is 17.6. The first-order valence-electron chi connectivity index (χ1n) is 10.8. The molecule has 2 aromatic carbocycles. The summed E-state index contributed by atoms with van der Waals surface area (Å²) in [7, 11) is 0. The van der Waals surface area contributed by atoms with Crippen LogP contribution in [0, 0.1) is 23.7 Å². The molecule has 2 bridgehead atoms. The van der Waals surface area contributed by atoms with E-state index in [-0.39, 0.29) is 35.5 Å². The lowest BCUT2D eigenvalue weighted by molar-refractivity contribution is -0.140. The van der Waals surface area contributed by atoms with Gasteiger partial charge in [0.2, 0.25) is 0 Å². The number of hydrogen-bond donors (Lipinski definition) is 0. The van der Waals surface area contributed by atoms with Gasteiger partial charge in [0.25, 0.3) is 11.8 Å². The predicted octanol–water partition coefficient (Wildman–Crippen LogP) is 4.46. The molecule has 2 aromatic rings. The van der Waals surface area contributed by atoms with Gasteiger partial charge in [-0.25, -0.2) is 0 Å². The van der Waals surface area contributed by atoms with Gasteiger partial charge in [0.15, 0.2) is 11.5 Å². The van der Waals surface area contributed by atoms with Crippen LogP contribution in [0.25, 0.3) is 0 Å². The average molecular weight is 451 g/mol. The zero-order chi connectivity index (χ0) is 22.2. The van der Waals surface area contributed by atoms with Gasteiger partial charge in [-0.1, -0.05) is 42.0 Å². The van der Waals surface area contributed by atoms with Crippen molar-refractivity contribution in [3.05, 3.63) is 70.8 Å². The van der Waals surface area contributed by atoms with E-state index in [0.717, 1.165) is 17.0 Å². The molecule has 0 N–H and O–H groups in total. The molecule has 32 heavy (non-hydrogen) atoms. The first-order valence-corrected chi connectivity index (χ1v) is 11.2. The lowest BCUT2D eigenvalue weighted by atomic mass is 9.85. The number of nitrogens with zero attached hydrogens (tertiary/aromatic N) is 2. The second kappa shape index (κ2) is 8.43. The van der Waals surface area contributed by atoms with Gasteiger partial charge in [0, 0.05) is 10.6 Å². The normalized spacial score (nSPS) is 25.8. The second-order valence-electron chi connectivity index (χ2n) is 8.25. The molecule has 0 unspecified atom stereocenters. The van der Waals surface area contributed by atoms with E-state index in [2.05, 4.69) is 17.3 Å². The molecule has 1 saturated carbocycles. The molecule has 4 atom stereocenters. The summed E-state index contributed by atoms with van der Waals surface area (Å²) in [4.78, 5) is 25.6. The van der Waals surface area contributed by atoms with Gasteiger partial charge in [-0.2, -0.15) is 10.1 Å². The van der Waals surface area contributed by atoms with Crippen LogP contribution >= 0.6 is 11.6 Å². The van der Waals surface area contributed by atoms with Gasteiger partial charge in [-0.3, -0.25) is 9.59 Å². The van der Waals surface area contributed by atoms with E-state index in [4.69, 9.17) is 21.1 Å². The lowest BCUT2D eigenvalue weighted by Crippen LogP contribution is -2.28. The Morgan fingerprint density at radius 2 is 1.75 bits per heavy atom. The Morgan fingerprint density at radius 3 is 2.44 bits per heavy atom. The van der Waals surface area contributed by atoms with Crippen LogP contribution in [0.3, 0.4) is 0 Å². The van der Waals surface area contributed by atoms with Crippen molar-refractivity contribution in [2.45, 2.75) is 20.0 Å². The fourth-order valence-corrected chi connectivity index (χ4v) is 5.08. The number of hydrazone groups is 1. The van der Waals surface area contributed by atoms with E-state index < -0.39 is 0 Å². The summed E-state index contributed by atoms with van der Waals surface area (Å²) in [6.45, 7) is 2.66. The van der Waals surface area contributed by atoms with Crippen LogP contribution in [0.2, 0.25) is 5.02 Å². The van der Waals surface area contributed by atoms with Crippen molar-refractivity contribution in [2.24, 2.45) is 28.8 Å². The molecule has 2 aliphatic carbocycles. The number of hydrogen-bond acceptors (Lipinski definition) is 5. The molecule has 1 heterocycles. The number of fused-ring (bicyclic) bond motifs is 5. The number of imide groups is 1. The molecule has 0 spiro atoms. The third-order valence-electron chi connectivity index (χ3n) is 6.38. The third-order valence-corrected chi connectivity index (χ3v) is 6.75. The second-order valence-corrected chi connectivity index (χ2v) is 8.66. The SMILES string of the molecule is CCOc1cc(/C=N\N2C(=O)[C@@H]3[C@@H](C2=O)[C@H]2C=C[C@H]3C2)ccc1OCc1ccccc1Cl. The highest BCUT2D eigenvalue weighted by atomic mass is 35.5. The number of amides is 2. The third kappa shape index (κ3) is 3.58. The first-order chi connectivity index (χ1) is 15.6. The lowest BCUT2D eigenvalue weighted by Gasteiger charge is -2.14. The van der Waals surface area contributed by atoms with Gasteiger partial charge in [0.1, 0.15) is 6.61 Å². The van der Waals surface area contributed by atoms with E-state index in [1.54, 1.807) is 12.1 Å². The number of allylic oxidation sites excluding steroid dienone is 2. The maximum Gasteiger partial charge on any atom is 0.254 e. The van der Waals surface area contributed by atoms with E-state index in [1.165, 1.54) is 6.21 Å². The van der Waals surface area contributed by atoms with Crippen molar-refractivity contribution < 1.29 is 19.1 Å². The van der Waals surface area contributed by atoms with Crippen molar-refractivity contribution >= 4 is 29.6 Å². The van der Waals surface area contributed by atoms with Crippen molar-refractivity contribution in [1.29, 1.82) is 0 Å². The van der Waals surface area contributed by atoms with Crippen LogP contribution in [0.1, 0.15) is 24.5 Å². The summed E-state index contributed by atoms with van der Waals surface area (Å²) in [5.41, 5.74) is 1.58. The minimum absolute atomic E-state index is 0.167. The summed E-state index contributed by atoms with van der Waals surface area (Å²) in [6.07, 6.45) is 6.56. The molecule has 0 radical (unpaired) electrons.